The Balaban J connectivity index is 4.03. The van der Waals surface area contributed by atoms with Gasteiger partial charge in [-0.15, -0.1) is 11.6 Å². The van der Waals surface area contributed by atoms with Crippen molar-refractivity contribution in [1.29, 1.82) is 0 Å². The lowest BCUT2D eigenvalue weighted by molar-refractivity contribution is 0.416. The van der Waals surface area contributed by atoms with E-state index < -0.39 is 0 Å². The minimum atomic E-state index is 0.0893. The summed E-state index contributed by atoms with van der Waals surface area (Å²) in [4.78, 5) is 0. The van der Waals surface area contributed by atoms with Crippen LogP contribution in [0.25, 0.3) is 0 Å². The number of rotatable bonds is 3. The van der Waals surface area contributed by atoms with Crippen LogP contribution in [0.3, 0.4) is 0 Å². The average molecular weight is 160 g/mol. The molecule has 56 valence electrons. The molecule has 0 aromatic carbocycles. The number of hydrogen-bond donors (Lipinski definition) is 2. The van der Waals surface area contributed by atoms with Crippen molar-refractivity contribution < 1.29 is 5.11 Å². The van der Waals surface area contributed by atoms with E-state index in [0.717, 1.165) is 0 Å². The van der Waals surface area contributed by atoms with E-state index in [1.54, 1.807) is 0 Å². The van der Waals surface area contributed by atoms with Crippen LogP contribution in [-0.4, -0.2) is 11.0 Å². The number of aliphatic hydroxyl groups is 1. The maximum absolute atomic E-state index is 8.80. The summed E-state index contributed by atoms with van der Waals surface area (Å²) in [6.45, 7) is 3.43. The van der Waals surface area contributed by atoms with E-state index in [9.17, 15) is 0 Å². The quantitative estimate of drug-likeness (QED) is 0.374. The van der Waals surface area contributed by atoms with Gasteiger partial charge >= 0.3 is 0 Å². The highest BCUT2D eigenvalue weighted by molar-refractivity contribution is 6.19. The smallest absolute Gasteiger partial charge is 0.107 e. The molecular weight excluding hydrogens is 150 g/mol. The first kappa shape index (κ1) is 9.11. The monoisotopic (exact) mass is 159 g/mol. The highest BCUT2D eigenvalue weighted by Crippen LogP contribution is 1.93. The SMILES string of the molecule is C=C/C(N)=C\C=C(\O)CCl. The van der Waals surface area contributed by atoms with Crippen LogP contribution < -0.4 is 5.73 Å². The second-order valence-electron chi connectivity index (χ2n) is 1.66. The van der Waals surface area contributed by atoms with Gasteiger partial charge in [-0.1, -0.05) is 6.58 Å². The molecule has 0 saturated carbocycles. The third kappa shape index (κ3) is 4.04. The summed E-state index contributed by atoms with van der Waals surface area (Å²) < 4.78 is 0. The molecule has 0 rings (SSSR count). The van der Waals surface area contributed by atoms with E-state index in [0.29, 0.717) is 5.70 Å². The third-order valence-corrected chi connectivity index (χ3v) is 1.11. The Kier molecular flexibility index (Phi) is 4.50. The van der Waals surface area contributed by atoms with Crippen molar-refractivity contribution in [3.8, 4) is 0 Å². The number of nitrogens with two attached hydrogens (primary N) is 1. The first-order valence-corrected chi connectivity index (χ1v) is 3.28. The van der Waals surface area contributed by atoms with Gasteiger partial charge in [0.2, 0.25) is 0 Å². The zero-order valence-electron chi connectivity index (χ0n) is 5.55. The van der Waals surface area contributed by atoms with Crippen LogP contribution in [-0.2, 0) is 0 Å². The summed E-state index contributed by atoms with van der Waals surface area (Å²) in [7, 11) is 0. The van der Waals surface area contributed by atoms with Gasteiger partial charge < -0.3 is 10.8 Å². The van der Waals surface area contributed by atoms with Crippen LogP contribution in [0.2, 0.25) is 0 Å². The molecule has 0 radical (unpaired) electrons. The Bertz CT molecular complexity index is 172. The minimum absolute atomic E-state index is 0.0893. The fourth-order valence-corrected chi connectivity index (χ4v) is 0.394. The molecule has 0 unspecified atom stereocenters. The molecule has 0 saturated heterocycles. The molecule has 0 amide bonds. The van der Waals surface area contributed by atoms with E-state index >= 15 is 0 Å². The zero-order valence-corrected chi connectivity index (χ0v) is 6.30. The molecule has 0 aromatic rings. The topological polar surface area (TPSA) is 46.2 Å². The molecule has 0 heterocycles. The van der Waals surface area contributed by atoms with Gasteiger partial charge in [-0.25, -0.2) is 0 Å². The second kappa shape index (κ2) is 4.94. The van der Waals surface area contributed by atoms with E-state index in [1.807, 2.05) is 0 Å². The number of allylic oxidation sites excluding steroid dienone is 4. The maximum atomic E-state index is 8.80. The fourth-order valence-electron chi connectivity index (χ4n) is 0.305. The van der Waals surface area contributed by atoms with Crippen molar-refractivity contribution in [2.24, 2.45) is 5.73 Å². The second-order valence-corrected chi connectivity index (χ2v) is 1.93. The summed E-state index contributed by atoms with van der Waals surface area (Å²) in [5.74, 6) is 0.187. The van der Waals surface area contributed by atoms with E-state index in [-0.39, 0.29) is 11.6 Å². The third-order valence-electron chi connectivity index (χ3n) is 0.841. The van der Waals surface area contributed by atoms with Gasteiger partial charge in [-0.2, -0.15) is 0 Å². The summed E-state index contributed by atoms with van der Waals surface area (Å²) in [6, 6.07) is 0. The van der Waals surface area contributed by atoms with Gasteiger partial charge in [-0.05, 0) is 18.2 Å². The molecular formula is C7H10ClNO. The fraction of sp³-hybridized carbons (Fsp3) is 0.143. The average Bonchev–Trinajstić information content (AvgIpc) is 1.99. The lowest BCUT2D eigenvalue weighted by Gasteiger charge is -1.89. The summed E-state index contributed by atoms with van der Waals surface area (Å²) in [5, 5.41) is 8.80. The van der Waals surface area contributed by atoms with Crippen molar-refractivity contribution >= 4 is 11.6 Å². The Morgan fingerprint density at radius 3 is 2.60 bits per heavy atom. The van der Waals surface area contributed by atoms with Crippen LogP contribution in [0.5, 0.6) is 0 Å². The Morgan fingerprint density at radius 2 is 2.20 bits per heavy atom. The molecule has 0 fully saturated rings. The van der Waals surface area contributed by atoms with Crippen LogP contribution in [0.15, 0.2) is 36.3 Å². The summed E-state index contributed by atoms with van der Waals surface area (Å²) in [5.41, 5.74) is 5.82. The molecule has 0 aliphatic rings. The van der Waals surface area contributed by atoms with E-state index in [4.69, 9.17) is 22.4 Å². The normalized spacial score (nSPS) is 13.3. The molecule has 0 bridgehead atoms. The van der Waals surface area contributed by atoms with Crippen LogP contribution in [0, 0.1) is 0 Å². The predicted molar refractivity (Wildman–Crippen MR) is 43.9 cm³/mol. The molecule has 0 aliphatic heterocycles. The summed E-state index contributed by atoms with van der Waals surface area (Å²) in [6.07, 6.45) is 4.45. The van der Waals surface area contributed by atoms with Crippen molar-refractivity contribution in [1.82, 2.24) is 0 Å². The summed E-state index contributed by atoms with van der Waals surface area (Å²) >= 11 is 5.26. The van der Waals surface area contributed by atoms with Gasteiger partial charge in [-0.3, -0.25) is 0 Å². The van der Waals surface area contributed by atoms with Crippen molar-refractivity contribution in [3.05, 3.63) is 36.3 Å². The molecule has 10 heavy (non-hydrogen) atoms. The highest BCUT2D eigenvalue weighted by atomic mass is 35.5. The maximum Gasteiger partial charge on any atom is 0.107 e. The number of halogens is 1. The van der Waals surface area contributed by atoms with Crippen molar-refractivity contribution in [3.63, 3.8) is 0 Å². The van der Waals surface area contributed by atoms with Gasteiger partial charge in [0.1, 0.15) is 5.76 Å². The molecule has 0 spiro atoms. The Labute approximate surface area is 65.3 Å². The highest BCUT2D eigenvalue weighted by Gasteiger charge is 1.84. The standard InChI is InChI=1S/C7H10ClNO/c1-2-6(9)3-4-7(10)5-8/h2-4,10H,1,5,9H2/b6-3+,7-4+. The van der Waals surface area contributed by atoms with Gasteiger partial charge in [0.15, 0.2) is 0 Å². The van der Waals surface area contributed by atoms with Crippen LogP contribution in [0.1, 0.15) is 0 Å². The molecule has 3 heteroatoms. The molecule has 0 aromatic heterocycles. The van der Waals surface area contributed by atoms with Gasteiger partial charge in [0.05, 0.1) is 5.88 Å². The van der Waals surface area contributed by atoms with Crippen LogP contribution >= 0.6 is 11.6 Å². The lowest BCUT2D eigenvalue weighted by atomic mass is 10.3. The van der Waals surface area contributed by atoms with E-state index in [1.165, 1.54) is 18.2 Å². The van der Waals surface area contributed by atoms with E-state index in [2.05, 4.69) is 6.58 Å². The van der Waals surface area contributed by atoms with Crippen molar-refractivity contribution in [2.45, 2.75) is 0 Å². The van der Waals surface area contributed by atoms with Gasteiger partial charge in [0, 0.05) is 5.70 Å². The Hall–Kier alpha value is -0.890. The van der Waals surface area contributed by atoms with Crippen molar-refractivity contribution in [2.75, 3.05) is 5.88 Å². The molecule has 0 aliphatic carbocycles. The molecule has 2 nitrogen and oxygen atoms in total. The molecule has 0 atom stereocenters. The van der Waals surface area contributed by atoms with Gasteiger partial charge in [0.25, 0.3) is 0 Å². The predicted octanol–water partition coefficient (Wildman–Crippen LogP) is 1.70. The number of aliphatic hydroxyl groups excluding tert-OH is 1. The zero-order chi connectivity index (χ0) is 7.98. The largest absolute Gasteiger partial charge is 0.511 e. The lowest BCUT2D eigenvalue weighted by Crippen LogP contribution is -1.90. The first-order valence-electron chi connectivity index (χ1n) is 2.74. The van der Waals surface area contributed by atoms with Crippen LogP contribution in [0.4, 0.5) is 0 Å². The number of hydrogen-bond acceptors (Lipinski definition) is 2. The number of alkyl halides is 1. The first-order chi connectivity index (χ1) is 4.70. The Morgan fingerprint density at radius 1 is 1.60 bits per heavy atom. The molecule has 3 N–H and O–H groups in total. The minimum Gasteiger partial charge on any atom is -0.511 e.